The van der Waals surface area contributed by atoms with E-state index >= 15 is 0 Å². The van der Waals surface area contributed by atoms with E-state index in [1.54, 1.807) is 0 Å². The molecule has 0 aliphatic heterocycles. The third kappa shape index (κ3) is 17.4. The highest BCUT2D eigenvalue weighted by Gasteiger charge is 2.03. The fourth-order valence-corrected chi connectivity index (χ4v) is 2.71. The van der Waals surface area contributed by atoms with E-state index in [0.29, 0.717) is 0 Å². The molecule has 1 rings (SSSR count). The van der Waals surface area contributed by atoms with Crippen LogP contribution in [0.1, 0.15) is 89.5 Å². The van der Waals surface area contributed by atoms with Crippen molar-refractivity contribution in [3.63, 3.8) is 0 Å². The Morgan fingerprint density at radius 2 is 1.25 bits per heavy atom. The highest BCUT2D eigenvalue weighted by Crippen LogP contribution is 2.21. The predicted octanol–water partition coefficient (Wildman–Crippen LogP) is 5.37. The fraction of sp³-hybridized carbons (Fsp3) is 0.684. The van der Waals surface area contributed by atoms with Gasteiger partial charge >= 0.3 is 0 Å². The molecule has 0 N–H and O–H groups in total. The Kier molecular flexibility index (Phi) is 13.9. The average molecular weight is 357 g/mol. The van der Waals surface area contributed by atoms with Gasteiger partial charge in [-0.1, -0.05) is 102 Å². The van der Waals surface area contributed by atoms with Crippen LogP contribution in [0.5, 0.6) is 0 Å². The van der Waals surface area contributed by atoms with Crippen LogP contribution in [0.3, 0.4) is 0 Å². The Balaban J connectivity index is 0.000000922. The van der Waals surface area contributed by atoms with Gasteiger partial charge in [-0.15, -0.1) is 0 Å². The lowest BCUT2D eigenvalue weighted by Crippen LogP contribution is -1.93. The Morgan fingerprint density at radius 1 is 0.833 bits per heavy atom. The molecule has 0 amide bonds. The van der Waals surface area contributed by atoms with E-state index in [-0.39, 0.29) is 0 Å². The highest BCUT2D eigenvalue weighted by atomic mass is 32.3. The summed E-state index contributed by atoms with van der Waals surface area (Å²) in [6.07, 6.45) is 14.2. The molecule has 0 spiro atoms. The normalized spacial score (nSPS) is 12.3. The summed E-state index contributed by atoms with van der Waals surface area (Å²) in [4.78, 5) is 0. The molecule has 1 aromatic rings. The van der Waals surface area contributed by atoms with Crippen molar-refractivity contribution in [1.29, 1.82) is 0 Å². The average Bonchev–Trinajstić information content (AvgIpc) is 2.52. The van der Waals surface area contributed by atoms with Gasteiger partial charge in [-0.05, 0) is 17.9 Å². The molecule has 0 saturated heterocycles. The molecule has 0 saturated carbocycles. The molecular formula is C19H32O4S-2. The summed E-state index contributed by atoms with van der Waals surface area (Å²) >= 11 is 0. The molecule has 0 aliphatic carbocycles. The second-order valence-electron chi connectivity index (χ2n) is 6.34. The van der Waals surface area contributed by atoms with E-state index in [2.05, 4.69) is 44.2 Å². The molecule has 0 bridgehead atoms. The lowest BCUT2D eigenvalue weighted by atomic mass is 9.95. The van der Waals surface area contributed by atoms with Crippen LogP contribution >= 0.6 is 0 Å². The van der Waals surface area contributed by atoms with E-state index in [4.69, 9.17) is 17.5 Å². The third-order valence-electron chi connectivity index (χ3n) is 4.11. The topological polar surface area (TPSA) is 80.3 Å². The van der Waals surface area contributed by atoms with Gasteiger partial charge in [-0.2, -0.15) is 0 Å². The van der Waals surface area contributed by atoms with Crippen LogP contribution in [0.25, 0.3) is 0 Å². The van der Waals surface area contributed by atoms with Gasteiger partial charge in [0.2, 0.25) is 0 Å². The molecule has 1 atom stereocenters. The van der Waals surface area contributed by atoms with E-state index in [1.807, 2.05) is 0 Å². The molecule has 140 valence electrons. The van der Waals surface area contributed by atoms with Crippen LogP contribution in [0.4, 0.5) is 0 Å². The summed E-state index contributed by atoms with van der Waals surface area (Å²) in [6, 6.07) is 10.9. The summed E-state index contributed by atoms with van der Waals surface area (Å²) in [5.74, 6) is 0.728. The largest absolute Gasteiger partial charge is 0.759 e. The number of unbranched alkanes of at least 4 members (excludes halogenated alkanes) is 8. The minimum Gasteiger partial charge on any atom is -0.759 e. The van der Waals surface area contributed by atoms with E-state index in [0.717, 1.165) is 5.92 Å². The number of rotatable bonds is 11. The van der Waals surface area contributed by atoms with E-state index in [9.17, 15) is 0 Å². The van der Waals surface area contributed by atoms with Crippen molar-refractivity contribution in [3.05, 3.63) is 35.9 Å². The summed E-state index contributed by atoms with van der Waals surface area (Å²) in [5, 5.41) is 0. The maximum Gasteiger partial charge on any atom is 0.0311 e. The van der Waals surface area contributed by atoms with Crippen molar-refractivity contribution in [2.75, 3.05) is 0 Å². The van der Waals surface area contributed by atoms with Gasteiger partial charge in [0.25, 0.3) is 0 Å². The monoisotopic (exact) mass is 356 g/mol. The maximum absolute atomic E-state index is 8.52. The van der Waals surface area contributed by atoms with Gasteiger partial charge in [-0.3, -0.25) is 8.42 Å². The second kappa shape index (κ2) is 14.4. The van der Waals surface area contributed by atoms with Crippen molar-refractivity contribution in [1.82, 2.24) is 0 Å². The van der Waals surface area contributed by atoms with Crippen molar-refractivity contribution in [2.24, 2.45) is 0 Å². The first-order valence-electron chi connectivity index (χ1n) is 9.06. The first kappa shape index (κ1) is 23.1. The van der Waals surface area contributed by atoms with Crippen LogP contribution in [-0.2, 0) is 10.4 Å². The van der Waals surface area contributed by atoms with Gasteiger partial charge in [0.15, 0.2) is 0 Å². The Morgan fingerprint density at radius 3 is 1.71 bits per heavy atom. The zero-order chi connectivity index (χ0) is 18.3. The molecular weight excluding hydrogens is 324 g/mol. The molecule has 0 aliphatic rings. The standard InChI is InChI=1S/C19H32.H2O4S/c1-3-4-5-6-7-8-9-10-12-15-18(2)19-16-13-11-14-17-19;1-5(2,3)4/h11,13-14,16-18H,3-10,12,15H2,1-2H3;(H2,1,2,3,4)/p-2. The van der Waals surface area contributed by atoms with Crippen molar-refractivity contribution in [2.45, 2.75) is 84.0 Å². The van der Waals surface area contributed by atoms with Crippen LogP contribution in [0.15, 0.2) is 30.3 Å². The van der Waals surface area contributed by atoms with Gasteiger partial charge in [0.1, 0.15) is 0 Å². The second-order valence-corrected chi connectivity index (χ2v) is 7.15. The SMILES string of the molecule is CCCCCCCCCCCC(C)c1ccccc1.O=S(=O)([O-])[O-]. The smallest absolute Gasteiger partial charge is 0.0311 e. The lowest BCUT2D eigenvalue weighted by Gasteiger charge is -2.11. The van der Waals surface area contributed by atoms with Crippen LogP contribution in [0, 0.1) is 0 Å². The third-order valence-corrected chi connectivity index (χ3v) is 4.11. The van der Waals surface area contributed by atoms with Crippen LogP contribution in [0.2, 0.25) is 0 Å². The fourth-order valence-electron chi connectivity index (χ4n) is 2.71. The minimum atomic E-state index is -5.17. The van der Waals surface area contributed by atoms with Gasteiger partial charge < -0.3 is 9.11 Å². The number of hydrogen-bond acceptors (Lipinski definition) is 4. The summed E-state index contributed by atoms with van der Waals surface area (Å²) in [5.41, 5.74) is 1.50. The Labute approximate surface area is 148 Å². The molecule has 24 heavy (non-hydrogen) atoms. The number of hydrogen-bond donors (Lipinski definition) is 0. The molecule has 1 aromatic carbocycles. The van der Waals surface area contributed by atoms with Crippen molar-refractivity contribution in [3.8, 4) is 0 Å². The first-order chi connectivity index (χ1) is 11.3. The molecule has 0 aromatic heterocycles. The highest BCUT2D eigenvalue weighted by molar-refractivity contribution is 7.79. The molecule has 0 radical (unpaired) electrons. The van der Waals surface area contributed by atoms with E-state index in [1.165, 1.54) is 69.8 Å². The van der Waals surface area contributed by atoms with Crippen molar-refractivity contribution < 1.29 is 17.5 Å². The summed E-state index contributed by atoms with van der Waals surface area (Å²) in [6.45, 7) is 4.65. The summed E-state index contributed by atoms with van der Waals surface area (Å²) < 4.78 is 34.1. The maximum atomic E-state index is 8.52. The first-order valence-corrected chi connectivity index (χ1v) is 10.4. The lowest BCUT2D eigenvalue weighted by molar-refractivity contribution is 0.352. The van der Waals surface area contributed by atoms with E-state index < -0.39 is 10.4 Å². The molecule has 5 heteroatoms. The van der Waals surface area contributed by atoms with Gasteiger partial charge in [0, 0.05) is 10.4 Å². The van der Waals surface area contributed by atoms with Gasteiger partial charge in [-0.25, -0.2) is 0 Å². The van der Waals surface area contributed by atoms with Crippen molar-refractivity contribution >= 4 is 10.4 Å². The summed E-state index contributed by atoms with van der Waals surface area (Å²) in [7, 11) is -5.17. The Bertz CT molecular complexity index is 477. The zero-order valence-electron chi connectivity index (χ0n) is 15.1. The quantitative estimate of drug-likeness (QED) is 0.303. The van der Waals surface area contributed by atoms with Crippen LogP contribution < -0.4 is 0 Å². The predicted molar refractivity (Wildman–Crippen MR) is 97.2 cm³/mol. The molecule has 0 fully saturated rings. The Hall–Kier alpha value is -0.910. The molecule has 0 heterocycles. The zero-order valence-corrected chi connectivity index (χ0v) is 15.9. The van der Waals surface area contributed by atoms with Crippen LogP contribution in [-0.4, -0.2) is 17.5 Å². The van der Waals surface area contributed by atoms with Gasteiger partial charge in [0.05, 0.1) is 0 Å². The number of benzene rings is 1. The molecule has 4 nitrogen and oxygen atoms in total. The minimum absolute atomic E-state index is 0.728. The molecule has 1 unspecified atom stereocenters.